The van der Waals surface area contributed by atoms with Crippen molar-refractivity contribution in [3.63, 3.8) is 0 Å². The number of morpholine rings is 1. The number of nitrogens with one attached hydrogen (secondary N) is 1. The number of rotatable bonds is 3. The van der Waals surface area contributed by atoms with Crippen molar-refractivity contribution in [2.75, 3.05) is 6.61 Å². The van der Waals surface area contributed by atoms with Gasteiger partial charge >= 0.3 is 0 Å². The van der Waals surface area contributed by atoms with Gasteiger partial charge in [-0.25, -0.2) is 0 Å². The number of carbonyl (C=O) groups excluding carboxylic acids is 1. The van der Waals surface area contributed by atoms with E-state index in [1.54, 1.807) is 18.2 Å². The third-order valence-corrected chi connectivity index (χ3v) is 6.10. The highest BCUT2D eigenvalue weighted by atomic mass is 32.1. The van der Waals surface area contributed by atoms with Gasteiger partial charge < -0.3 is 14.6 Å². The van der Waals surface area contributed by atoms with Crippen LogP contribution in [0.4, 0.5) is 0 Å². The number of aromatic amines is 1. The SMILES string of the molecule is CCn1c(=S)[nH]c2cc(C(=O)N3C(C)COC(c4ccccc4)C3C)ccc2c1=O. The van der Waals surface area contributed by atoms with Crippen LogP contribution in [0.25, 0.3) is 10.9 Å². The smallest absolute Gasteiger partial charge is 0.262 e. The van der Waals surface area contributed by atoms with Crippen LogP contribution >= 0.6 is 12.2 Å². The van der Waals surface area contributed by atoms with Crippen LogP contribution in [0.2, 0.25) is 0 Å². The Morgan fingerprint density at radius 3 is 2.63 bits per heavy atom. The van der Waals surface area contributed by atoms with E-state index in [0.29, 0.717) is 34.4 Å². The Morgan fingerprint density at radius 2 is 1.93 bits per heavy atom. The molecule has 1 amide bonds. The zero-order valence-electron chi connectivity index (χ0n) is 17.3. The third-order valence-electron chi connectivity index (χ3n) is 5.78. The van der Waals surface area contributed by atoms with Gasteiger partial charge in [0.2, 0.25) is 0 Å². The topological polar surface area (TPSA) is 67.3 Å². The Balaban J connectivity index is 1.71. The van der Waals surface area contributed by atoms with Gasteiger partial charge in [0, 0.05) is 12.1 Å². The summed E-state index contributed by atoms with van der Waals surface area (Å²) in [5, 5.41) is 0.521. The molecule has 2 aromatic carbocycles. The minimum absolute atomic E-state index is 0.0604. The number of carbonyl (C=O) groups is 1. The maximum Gasteiger partial charge on any atom is 0.262 e. The molecule has 6 nitrogen and oxygen atoms in total. The zero-order chi connectivity index (χ0) is 21.4. The summed E-state index contributed by atoms with van der Waals surface area (Å²) >= 11 is 5.30. The van der Waals surface area contributed by atoms with Gasteiger partial charge in [-0.05, 0) is 56.8 Å². The fourth-order valence-electron chi connectivity index (χ4n) is 4.24. The summed E-state index contributed by atoms with van der Waals surface area (Å²) in [7, 11) is 0. The number of H-pyrrole nitrogens is 1. The van der Waals surface area contributed by atoms with Crippen molar-refractivity contribution in [1.29, 1.82) is 0 Å². The molecule has 0 radical (unpaired) electrons. The number of hydrogen-bond donors (Lipinski definition) is 1. The van der Waals surface area contributed by atoms with Crippen molar-refractivity contribution in [3.8, 4) is 0 Å². The molecule has 156 valence electrons. The lowest BCUT2D eigenvalue weighted by molar-refractivity contribution is -0.0806. The van der Waals surface area contributed by atoms with Crippen molar-refractivity contribution in [2.24, 2.45) is 0 Å². The summed E-state index contributed by atoms with van der Waals surface area (Å²) in [5.74, 6) is -0.0832. The van der Waals surface area contributed by atoms with Crippen LogP contribution in [0.5, 0.6) is 0 Å². The molecule has 4 rings (SSSR count). The molecule has 2 heterocycles. The summed E-state index contributed by atoms with van der Waals surface area (Å²) in [6.45, 7) is 6.84. The van der Waals surface area contributed by atoms with Gasteiger partial charge in [0.1, 0.15) is 6.10 Å². The average Bonchev–Trinajstić information content (AvgIpc) is 2.74. The van der Waals surface area contributed by atoms with Gasteiger partial charge in [0.15, 0.2) is 4.77 Å². The number of fused-ring (bicyclic) bond motifs is 1. The van der Waals surface area contributed by atoms with Crippen molar-refractivity contribution < 1.29 is 9.53 Å². The molecule has 3 atom stereocenters. The van der Waals surface area contributed by atoms with E-state index in [-0.39, 0.29) is 29.7 Å². The van der Waals surface area contributed by atoms with Crippen molar-refractivity contribution in [2.45, 2.75) is 45.5 Å². The van der Waals surface area contributed by atoms with E-state index in [0.717, 1.165) is 5.56 Å². The standard InChI is InChI=1S/C23H25N3O3S/c1-4-25-22(28)18-11-10-17(12-19(18)24-23(25)30)21(27)26-14(2)13-29-20(15(26)3)16-8-6-5-7-9-16/h5-12,14-15,20H,4,13H2,1-3H3,(H,24,30). The minimum Gasteiger partial charge on any atom is -0.369 e. The maximum absolute atomic E-state index is 13.5. The van der Waals surface area contributed by atoms with Gasteiger partial charge in [0.05, 0.1) is 29.6 Å². The molecule has 1 aliphatic rings. The van der Waals surface area contributed by atoms with Crippen LogP contribution < -0.4 is 5.56 Å². The second kappa shape index (κ2) is 8.16. The van der Waals surface area contributed by atoms with Crippen LogP contribution in [0.1, 0.15) is 42.8 Å². The summed E-state index contributed by atoms with van der Waals surface area (Å²) in [4.78, 5) is 31.1. The molecule has 0 aliphatic carbocycles. The van der Waals surface area contributed by atoms with Crippen LogP contribution in [0, 0.1) is 4.77 Å². The van der Waals surface area contributed by atoms with E-state index >= 15 is 0 Å². The quantitative estimate of drug-likeness (QED) is 0.645. The van der Waals surface area contributed by atoms with Gasteiger partial charge in [-0.3, -0.25) is 14.2 Å². The van der Waals surface area contributed by atoms with E-state index < -0.39 is 0 Å². The first kappa shape index (κ1) is 20.5. The van der Waals surface area contributed by atoms with Crippen molar-refractivity contribution in [3.05, 3.63) is 74.8 Å². The number of aromatic nitrogens is 2. The molecule has 0 saturated carbocycles. The lowest BCUT2D eigenvalue weighted by Gasteiger charge is -2.44. The van der Waals surface area contributed by atoms with E-state index in [2.05, 4.69) is 4.98 Å². The fraction of sp³-hybridized carbons (Fsp3) is 0.348. The number of nitrogens with zero attached hydrogens (tertiary/aromatic N) is 2. The molecule has 1 aliphatic heterocycles. The highest BCUT2D eigenvalue weighted by Crippen LogP contribution is 2.32. The predicted molar refractivity (Wildman–Crippen MR) is 119 cm³/mol. The molecule has 3 unspecified atom stereocenters. The number of amides is 1. The van der Waals surface area contributed by atoms with Crippen LogP contribution in [0.15, 0.2) is 53.3 Å². The fourth-order valence-corrected chi connectivity index (χ4v) is 4.56. The summed E-state index contributed by atoms with van der Waals surface area (Å²) < 4.78 is 7.94. The Bertz CT molecular complexity index is 1200. The first-order chi connectivity index (χ1) is 14.4. The highest BCUT2D eigenvalue weighted by molar-refractivity contribution is 7.71. The molecule has 7 heteroatoms. The van der Waals surface area contributed by atoms with Gasteiger partial charge in [-0.2, -0.15) is 0 Å². The summed E-state index contributed by atoms with van der Waals surface area (Å²) in [5.41, 5.74) is 2.01. The molecule has 1 aromatic heterocycles. The van der Waals surface area contributed by atoms with Gasteiger partial charge in [-0.1, -0.05) is 30.3 Å². The number of benzene rings is 2. The van der Waals surface area contributed by atoms with Crippen LogP contribution in [-0.4, -0.2) is 39.0 Å². The van der Waals surface area contributed by atoms with Crippen molar-refractivity contribution >= 4 is 29.0 Å². The highest BCUT2D eigenvalue weighted by Gasteiger charge is 2.37. The van der Waals surface area contributed by atoms with E-state index in [9.17, 15) is 9.59 Å². The molecule has 1 fully saturated rings. The number of hydrogen-bond acceptors (Lipinski definition) is 4. The first-order valence-corrected chi connectivity index (χ1v) is 10.6. The van der Waals surface area contributed by atoms with Crippen molar-refractivity contribution in [1.82, 2.24) is 14.5 Å². The molecule has 0 bridgehead atoms. The van der Waals surface area contributed by atoms with E-state index in [1.807, 2.05) is 56.0 Å². The lowest BCUT2D eigenvalue weighted by Crippen LogP contribution is -2.53. The third kappa shape index (κ3) is 3.48. The zero-order valence-corrected chi connectivity index (χ0v) is 18.1. The van der Waals surface area contributed by atoms with Gasteiger partial charge in [-0.15, -0.1) is 0 Å². The van der Waals surface area contributed by atoms with E-state index in [4.69, 9.17) is 17.0 Å². The van der Waals surface area contributed by atoms with Crippen LogP contribution in [0.3, 0.4) is 0 Å². The molecule has 30 heavy (non-hydrogen) atoms. The number of ether oxygens (including phenoxy) is 1. The predicted octanol–water partition coefficient (Wildman–Crippen LogP) is 4.07. The molecule has 1 saturated heterocycles. The first-order valence-electron chi connectivity index (χ1n) is 10.2. The minimum atomic E-state index is -0.186. The Hall–Kier alpha value is -2.77. The average molecular weight is 424 g/mol. The molecular weight excluding hydrogens is 398 g/mol. The molecule has 0 spiro atoms. The monoisotopic (exact) mass is 423 g/mol. The second-order valence-electron chi connectivity index (χ2n) is 7.71. The summed E-state index contributed by atoms with van der Waals surface area (Å²) in [6, 6.07) is 14.9. The summed E-state index contributed by atoms with van der Waals surface area (Å²) in [6.07, 6.45) is -0.186. The van der Waals surface area contributed by atoms with Gasteiger partial charge in [0.25, 0.3) is 11.5 Å². The normalized spacial score (nSPS) is 21.7. The lowest BCUT2D eigenvalue weighted by atomic mass is 9.97. The van der Waals surface area contributed by atoms with Crippen LogP contribution in [-0.2, 0) is 11.3 Å². The Morgan fingerprint density at radius 1 is 1.20 bits per heavy atom. The van der Waals surface area contributed by atoms with E-state index in [1.165, 1.54) is 4.57 Å². The molecule has 3 aromatic rings. The second-order valence-corrected chi connectivity index (χ2v) is 8.09. The molecule has 1 N–H and O–H groups in total. The molecular formula is C23H25N3O3S. The Kier molecular flexibility index (Phi) is 5.58. The maximum atomic E-state index is 13.5. The Labute approximate surface area is 180 Å². The largest absolute Gasteiger partial charge is 0.369 e.